The second-order valence-electron chi connectivity index (χ2n) is 5.87. The molecular formula is C18H18ClN5OS. The summed E-state index contributed by atoms with van der Waals surface area (Å²) in [6.45, 7) is 0. The van der Waals surface area contributed by atoms with Crippen LogP contribution in [0.1, 0.15) is 15.9 Å². The quantitative estimate of drug-likeness (QED) is 0.536. The molecule has 3 aromatic rings. The highest BCUT2D eigenvalue weighted by Gasteiger charge is 2.13. The molecule has 0 aliphatic heterocycles. The normalized spacial score (nSPS) is 10.7. The van der Waals surface area contributed by atoms with Gasteiger partial charge in [0.1, 0.15) is 0 Å². The molecular weight excluding hydrogens is 370 g/mol. The number of thioether (sulfide) groups is 1. The van der Waals surface area contributed by atoms with E-state index in [1.54, 1.807) is 31.1 Å². The molecule has 26 heavy (non-hydrogen) atoms. The van der Waals surface area contributed by atoms with Crippen molar-refractivity contribution >= 4 is 29.3 Å². The van der Waals surface area contributed by atoms with Crippen molar-refractivity contribution < 1.29 is 4.79 Å². The van der Waals surface area contributed by atoms with Crippen molar-refractivity contribution in [2.24, 2.45) is 0 Å². The van der Waals surface area contributed by atoms with E-state index < -0.39 is 0 Å². The van der Waals surface area contributed by atoms with Crippen LogP contribution in [0.2, 0.25) is 5.02 Å². The third-order valence-electron chi connectivity index (χ3n) is 3.72. The van der Waals surface area contributed by atoms with E-state index in [1.165, 1.54) is 16.4 Å². The van der Waals surface area contributed by atoms with Gasteiger partial charge in [-0.05, 0) is 29.8 Å². The largest absolute Gasteiger partial charge is 0.345 e. The van der Waals surface area contributed by atoms with Crippen LogP contribution in [0, 0.1) is 0 Å². The van der Waals surface area contributed by atoms with Crippen LogP contribution in [0.15, 0.2) is 53.7 Å². The summed E-state index contributed by atoms with van der Waals surface area (Å²) < 4.78 is 1.46. The Balaban J connectivity index is 1.70. The van der Waals surface area contributed by atoms with Gasteiger partial charge in [-0.2, -0.15) is 0 Å². The Hall–Kier alpha value is -2.51. The highest BCUT2D eigenvalue weighted by molar-refractivity contribution is 7.98. The first kappa shape index (κ1) is 18.3. The lowest BCUT2D eigenvalue weighted by molar-refractivity contribution is 0.0827. The monoisotopic (exact) mass is 387 g/mol. The minimum absolute atomic E-state index is 0.0166. The molecule has 0 fully saturated rings. The Kier molecular flexibility index (Phi) is 5.49. The lowest BCUT2D eigenvalue weighted by atomic mass is 10.1. The SMILES string of the molecule is CN(C)C(=O)c1ccc(CSc2nnc(-c3cccc(Cl)c3)n2N)cc1. The second-order valence-corrected chi connectivity index (χ2v) is 7.25. The maximum absolute atomic E-state index is 11.9. The summed E-state index contributed by atoms with van der Waals surface area (Å²) in [6.07, 6.45) is 0. The molecule has 0 atom stereocenters. The zero-order chi connectivity index (χ0) is 18.7. The van der Waals surface area contributed by atoms with Crippen LogP contribution in [0.3, 0.4) is 0 Å². The third kappa shape index (κ3) is 4.00. The highest BCUT2D eigenvalue weighted by atomic mass is 35.5. The minimum atomic E-state index is -0.0166. The number of carbonyl (C=O) groups excluding carboxylic acids is 1. The number of carbonyl (C=O) groups is 1. The maximum Gasteiger partial charge on any atom is 0.253 e. The molecule has 134 valence electrons. The van der Waals surface area contributed by atoms with Crippen molar-refractivity contribution in [3.8, 4) is 11.4 Å². The first-order chi connectivity index (χ1) is 12.5. The van der Waals surface area contributed by atoms with Crippen molar-refractivity contribution in [1.29, 1.82) is 0 Å². The number of amides is 1. The van der Waals surface area contributed by atoms with E-state index >= 15 is 0 Å². The molecule has 0 spiro atoms. The zero-order valence-electron chi connectivity index (χ0n) is 14.4. The molecule has 0 saturated carbocycles. The molecule has 0 aliphatic rings. The molecule has 1 heterocycles. The van der Waals surface area contributed by atoms with Gasteiger partial charge in [-0.1, -0.05) is 47.6 Å². The average Bonchev–Trinajstić information content (AvgIpc) is 3.00. The molecule has 0 unspecified atom stereocenters. The second kappa shape index (κ2) is 7.80. The van der Waals surface area contributed by atoms with Crippen molar-refractivity contribution in [1.82, 2.24) is 19.8 Å². The molecule has 1 amide bonds. The number of benzene rings is 2. The van der Waals surface area contributed by atoms with E-state index in [4.69, 9.17) is 17.4 Å². The average molecular weight is 388 g/mol. The zero-order valence-corrected chi connectivity index (χ0v) is 16.0. The first-order valence-electron chi connectivity index (χ1n) is 7.85. The van der Waals surface area contributed by atoms with Gasteiger partial charge in [-0.15, -0.1) is 10.2 Å². The van der Waals surface area contributed by atoms with E-state index in [1.807, 2.05) is 36.4 Å². The third-order valence-corrected chi connectivity index (χ3v) is 4.97. The van der Waals surface area contributed by atoms with E-state index in [2.05, 4.69) is 10.2 Å². The Labute approximate surface area is 160 Å². The number of nitrogen functional groups attached to an aromatic ring is 1. The van der Waals surface area contributed by atoms with Gasteiger partial charge in [0.2, 0.25) is 5.16 Å². The fraction of sp³-hybridized carbons (Fsp3) is 0.167. The molecule has 2 N–H and O–H groups in total. The summed E-state index contributed by atoms with van der Waals surface area (Å²) in [7, 11) is 3.47. The lowest BCUT2D eigenvalue weighted by Crippen LogP contribution is -2.21. The Morgan fingerprint density at radius 1 is 1.19 bits per heavy atom. The summed E-state index contributed by atoms with van der Waals surface area (Å²) in [6, 6.07) is 14.8. The van der Waals surface area contributed by atoms with Crippen LogP contribution < -0.4 is 5.84 Å². The summed E-state index contributed by atoms with van der Waals surface area (Å²) in [5.74, 6) is 7.33. The number of hydrogen-bond donors (Lipinski definition) is 1. The number of hydrogen-bond acceptors (Lipinski definition) is 5. The van der Waals surface area contributed by atoms with Crippen molar-refractivity contribution in [2.75, 3.05) is 19.9 Å². The maximum atomic E-state index is 11.9. The molecule has 8 heteroatoms. The Morgan fingerprint density at radius 2 is 1.92 bits per heavy atom. The number of nitrogens with two attached hydrogens (primary N) is 1. The summed E-state index contributed by atoms with van der Waals surface area (Å²) in [4.78, 5) is 13.5. The van der Waals surface area contributed by atoms with Crippen molar-refractivity contribution in [2.45, 2.75) is 10.9 Å². The smallest absolute Gasteiger partial charge is 0.253 e. The van der Waals surface area contributed by atoms with Crippen LogP contribution in [0.25, 0.3) is 11.4 Å². The minimum Gasteiger partial charge on any atom is -0.345 e. The van der Waals surface area contributed by atoms with Crippen molar-refractivity contribution in [3.63, 3.8) is 0 Å². The lowest BCUT2D eigenvalue weighted by Gasteiger charge is -2.10. The van der Waals surface area contributed by atoms with Gasteiger partial charge in [0, 0.05) is 36.0 Å². The summed E-state index contributed by atoms with van der Waals surface area (Å²) >= 11 is 7.50. The standard InChI is InChI=1S/C18H18ClN5OS/c1-23(2)17(25)13-8-6-12(7-9-13)11-26-18-22-21-16(24(18)20)14-4-3-5-15(19)10-14/h3-10H,11,20H2,1-2H3. The molecule has 0 radical (unpaired) electrons. The van der Waals surface area contributed by atoms with Crippen LogP contribution in [0.4, 0.5) is 0 Å². The summed E-state index contributed by atoms with van der Waals surface area (Å²) in [5.41, 5.74) is 2.54. The van der Waals surface area contributed by atoms with Gasteiger partial charge >= 0.3 is 0 Å². The fourth-order valence-corrected chi connectivity index (χ4v) is 3.35. The van der Waals surface area contributed by atoms with E-state index in [-0.39, 0.29) is 5.91 Å². The Bertz CT molecular complexity index is 924. The topological polar surface area (TPSA) is 77.0 Å². The molecule has 0 bridgehead atoms. The predicted octanol–water partition coefficient (Wildman–Crippen LogP) is 3.31. The number of halogens is 1. The molecule has 0 aliphatic carbocycles. The van der Waals surface area contributed by atoms with Gasteiger partial charge in [0.15, 0.2) is 5.82 Å². The molecule has 0 saturated heterocycles. The number of rotatable bonds is 5. The van der Waals surface area contributed by atoms with Crippen LogP contribution >= 0.6 is 23.4 Å². The van der Waals surface area contributed by atoms with Gasteiger partial charge in [0.05, 0.1) is 0 Å². The van der Waals surface area contributed by atoms with E-state index in [0.717, 1.165) is 11.1 Å². The van der Waals surface area contributed by atoms with Crippen molar-refractivity contribution in [3.05, 3.63) is 64.7 Å². The van der Waals surface area contributed by atoms with E-state index in [0.29, 0.717) is 27.3 Å². The summed E-state index contributed by atoms with van der Waals surface area (Å²) in [5, 5.41) is 9.53. The fourth-order valence-electron chi connectivity index (χ4n) is 2.35. The van der Waals surface area contributed by atoms with Crippen LogP contribution in [0.5, 0.6) is 0 Å². The first-order valence-corrected chi connectivity index (χ1v) is 9.22. The van der Waals surface area contributed by atoms with Crippen LogP contribution in [-0.2, 0) is 5.75 Å². The predicted molar refractivity (Wildman–Crippen MR) is 105 cm³/mol. The van der Waals surface area contributed by atoms with Crippen LogP contribution in [-0.4, -0.2) is 39.8 Å². The highest BCUT2D eigenvalue weighted by Crippen LogP contribution is 2.25. The Morgan fingerprint density at radius 3 is 2.58 bits per heavy atom. The van der Waals surface area contributed by atoms with E-state index in [9.17, 15) is 4.79 Å². The van der Waals surface area contributed by atoms with Gasteiger partial charge in [-0.25, -0.2) is 4.68 Å². The molecule has 3 rings (SSSR count). The van der Waals surface area contributed by atoms with Gasteiger partial charge in [0.25, 0.3) is 5.91 Å². The number of aromatic nitrogens is 3. The molecule has 6 nitrogen and oxygen atoms in total. The molecule has 2 aromatic carbocycles. The van der Waals surface area contributed by atoms with Gasteiger partial charge < -0.3 is 10.7 Å². The molecule has 1 aromatic heterocycles. The van der Waals surface area contributed by atoms with Gasteiger partial charge in [-0.3, -0.25) is 4.79 Å². The number of nitrogens with zero attached hydrogens (tertiary/aromatic N) is 4.